The van der Waals surface area contributed by atoms with E-state index in [1.807, 2.05) is 24.3 Å². The van der Waals surface area contributed by atoms with Crippen LogP contribution in [0.2, 0.25) is 5.02 Å². The number of carbonyl (C=O) groups is 1. The Morgan fingerprint density at radius 3 is 2.81 bits per heavy atom. The van der Waals surface area contributed by atoms with Gasteiger partial charge in [0, 0.05) is 29.2 Å². The highest BCUT2D eigenvalue weighted by molar-refractivity contribution is 6.32. The molecule has 6 rings (SSSR count). The first kappa shape index (κ1) is 23.9. The molecule has 5 heteroatoms. The second kappa shape index (κ2) is 9.11. The van der Waals surface area contributed by atoms with Gasteiger partial charge >= 0.3 is 0 Å². The van der Waals surface area contributed by atoms with Crippen molar-refractivity contribution in [2.75, 3.05) is 7.11 Å². The molecule has 3 aliphatic carbocycles. The fourth-order valence-electron chi connectivity index (χ4n) is 5.84. The summed E-state index contributed by atoms with van der Waals surface area (Å²) in [4.78, 5) is 13.7. The SMILES string of the molecule is COc1ccc(C2=CCC=C(C3NC4=CC=C5C=CC=CC5C=C4C4=C3C(=O)CC(C)(C)C4)O2)cc1Cl. The van der Waals surface area contributed by atoms with Gasteiger partial charge in [0.2, 0.25) is 0 Å². The smallest absolute Gasteiger partial charge is 0.162 e. The minimum atomic E-state index is -0.343. The summed E-state index contributed by atoms with van der Waals surface area (Å²) in [6, 6.07) is 5.29. The molecule has 2 unspecified atom stereocenters. The molecule has 0 bridgehead atoms. The normalized spacial score (nSPS) is 25.6. The van der Waals surface area contributed by atoms with Crippen LogP contribution in [0.25, 0.3) is 5.76 Å². The van der Waals surface area contributed by atoms with Crippen LogP contribution < -0.4 is 10.1 Å². The Labute approximate surface area is 223 Å². The first-order valence-electron chi connectivity index (χ1n) is 12.8. The van der Waals surface area contributed by atoms with Gasteiger partial charge in [-0.1, -0.05) is 61.9 Å². The van der Waals surface area contributed by atoms with E-state index in [1.165, 1.54) is 5.57 Å². The summed E-state index contributed by atoms with van der Waals surface area (Å²) in [5.74, 6) is 2.48. The van der Waals surface area contributed by atoms with Gasteiger partial charge in [-0.05, 0) is 71.4 Å². The third kappa shape index (κ3) is 4.34. The minimum absolute atomic E-state index is 0.0959. The molecule has 2 atom stereocenters. The number of allylic oxidation sites excluding steroid dienone is 11. The van der Waals surface area contributed by atoms with Gasteiger partial charge in [0.15, 0.2) is 5.78 Å². The molecule has 1 aromatic rings. The van der Waals surface area contributed by atoms with Gasteiger partial charge in [0.1, 0.15) is 23.3 Å². The zero-order chi connectivity index (χ0) is 25.7. The van der Waals surface area contributed by atoms with Crippen molar-refractivity contribution in [2.45, 2.75) is 39.2 Å². The molecule has 37 heavy (non-hydrogen) atoms. The van der Waals surface area contributed by atoms with Crippen LogP contribution in [0.15, 0.2) is 107 Å². The van der Waals surface area contributed by atoms with Gasteiger partial charge in [-0.2, -0.15) is 0 Å². The van der Waals surface area contributed by atoms with Gasteiger partial charge in [0.05, 0.1) is 12.1 Å². The number of rotatable bonds is 3. The summed E-state index contributed by atoms with van der Waals surface area (Å²) in [6.45, 7) is 4.37. The van der Waals surface area contributed by atoms with Crippen LogP contribution in [-0.4, -0.2) is 18.9 Å². The predicted molar refractivity (Wildman–Crippen MR) is 148 cm³/mol. The van der Waals surface area contributed by atoms with Crippen LogP contribution in [-0.2, 0) is 9.53 Å². The zero-order valence-electron chi connectivity index (χ0n) is 21.3. The highest BCUT2D eigenvalue weighted by Gasteiger charge is 2.43. The van der Waals surface area contributed by atoms with E-state index in [9.17, 15) is 4.79 Å². The van der Waals surface area contributed by atoms with Crippen LogP contribution >= 0.6 is 11.6 Å². The number of methoxy groups -OCH3 is 1. The predicted octanol–water partition coefficient (Wildman–Crippen LogP) is 7.14. The van der Waals surface area contributed by atoms with E-state index >= 15 is 0 Å². The molecule has 4 nitrogen and oxygen atoms in total. The van der Waals surface area contributed by atoms with E-state index in [4.69, 9.17) is 21.1 Å². The Morgan fingerprint density at radius 1 is 1.14 bits per heavy atom. The molecule has 0 spiro atoms. The lowest BCUT2D eigenvalue weighted by atomic mass is 9.68. The summed E-state index contributed by atoms with van der Waals surface area (Å²) in [7, 11) is 1.60. The lowest BCUT2D eigenvalue weighted by molar-refractivity contribution is -0.118. The summed E-state index contributed by atoms with van der Waals surface area (Å²) in [6.07, 6.45) is 21.3. The van der Waals surface area contributed by atoms with Crippen molar-refractivity contribution >= 4 is 23.1 Å². The van der Waals surface area contributed by atoms with E-state index < -0.39 is 0 Å². The fourth-order valence-corrected chi connectivity index (χ4v) is 6.09. The largest absolute Gasteiger partial charge is 0.495 e. The molecular weight excluding hydrogens is 482 g/mol. The van der Waals surface area contributed by atoms with Crippen molar-refractivity contribution < 1.29 is 14.3 Å². The highest BCUT2D eigenvalue weighted by Crippen LogP contribution is 2.47. The lowest BCUT2D eigenvalue weighted by Crippen LogP contribution is -2.44. The van der Waals surface area contributed by atoms with Crippen LogP contribution in [0.5, 0.6) is 5.75 Å². The van der Waals surface area contributed by atoms with E-state index in [0.29, 0.717) is 23.6 Å². The number of ketones is 1. The molecule has 0 radical (unpaired) electrons. The van der Waals surface area contributed by atoms with Gasteiger partial charge in [-0.15, -0.1) is 0 Å². The molecule has 1 aromatic carbocycles. The molecule has 0 saturated carbocycles. The molecule has 0 amide bonds. The number of halogens is 1. The molecule has 2 heterocycles. The minimum Gasteiger partial charge on any atom is -0.495 e. The molecule has 1 N–H and O–H groups in total. The van der Waals surface area contributed by atoms with E-state index in [2.05, 4.69) is 67.8 Å². The van der Waals surface area contributed by atoms with Crippen molar-refractivity contribution in [1.82, 2.24) is 5.32 Å². The van der Waals surface area contributed by atoms with Crippen LogP contribution in [0.3, 0.4) is 0 Å². The zero-order valence-corrected chi connectivity index (χ0v) is 22.1. The maximum Gasteiger partial charge on any atom is 0.162 e. The molecular formula is C32H30ClNO3. The van der Waals surface area contributed by atoms with Crippen LogP contribution in [0, 0.1) is 11.3 Å². The first-order valence-corrected chi connectivity index (χ1v) is 13.1. The number of hydrogen-bond donors (Lipinski definition) is 1. The first-order chi connectivity index (χ1) is 17.8. The summed E-state index contributed by atoms with van der Waals surface area (Å²) < 4.78 is 11.8. The van der Waals surface area contributed by atoms with Crippen LogP contribution in [0.4, 0.5) is 0 Å². The quantitative estimate of drug-likeness (QED) is 0.468. The molecule has 188 valence electrons. The van der Waals surface area contributed by atoms with Gasteiger partial charge in [0.25, 0.3) is 0 Å². The number of benzene rings is 1. The van der Waals surface area contributed by atoms with E-state index in [1.54, 1.807) is 7.11 Å². The lowest BCUT2D eigenvalue weighted by Gasteiger charge is -2.41. The summed E-state index contributed by atoms with van der Waals surface area (Å²) in [5.41, 5.74) is 6.17. The van der Waals surface area contributed by atoms with Crippen molar-refractivity contribution in [3.63, 3.8) is 0 Å². The average molecular weight is 512 g/mol. The van der Waals surface area contributed by atoms with Gasteiger partial charge in [-0.3, -0.25) is 4.79 Å². The van der Waals surface area contributed by atoms with Crippen LogP contribution in [0.1, 0.15) is 38.7 Å². The Hall–Kier alpha value is -3.50. The average Bonchev–Trinajstić information content (AvgIpc) is 3.07. The van der Waals surface area contributed by atoms with Crippen molar-refractivity contribution in [1.29, 1.82) is 0 Å². The molecule has 5 aliphatic rings. The van der Waals surface area contributed by atoms with Crippen molar-refractivity contribution in [2.24, 2.45) is 11.3 Å². The van der Waals surface area contributed by atoms with Gasteiger partial charge < -0.3 is 14.8 Å². The number of fused-ring (bicyclic) bond motifs is 3. The van der Waals surface area contributed by atoms with E-state index in [0.717, 1.165) is 45.9 Å². The number of hydrogen-bond acceptors (Lipinski definition) is 4. The third-order valence-corrected chi connectivity index (χ3v) is 7.88. The number of nitrogens with one attached hydrogen (secondary N) is 1. The Kier molecular flexibility index (Phi) is 5.88. The summed E-state index contributed by atoms with van der Waals surface area (Å²) >= 11 is 6.40. The third-order valence-electron chi connectivity index (χ3n) is 7.59. The fraction of sp³-hybridized carbons (Fsp3) is 0.281. The Balaban J connectivity index is 1.40. The maximum absolute atomic E-state index is 13.7. The number of Topliss-reactive ketones (excluding diaryl/α,β-unsaturated/α-hetero) is 1. The second-order valence-electron chi connectivity index (χ2n) is 10.9. The topological polar surface area (TPSA) is 47.6 Å². The Bertz CT molecular complexity index is 1440. The summed E-state index contributed by atoms with van der Waals surface area (Å²) in [5, 5.41) is 4.22. The molecule has 0 saturated heterocycles. The van der Waals surface area contributed by atoms with Gasteiger partial charge in [-0.25, -0.2) is 0 Å². The molecule has 2 aliphatic heterocycles. The highest BCUT2D eigenvalue weighted by atomic mass is 35.5. The molecule has 0 fully saturated rings. The maximum atomic E-state index is 13.7. The van der Waals surface area contributed by atoms with E-state index in [-0.39, 0.29) is 23.2 Å². The number of ether oxygens (including phenoxy) is 2. The second-order valence-corrected chi connectivity index (χ2v) is 11.3. The van der Waals surface area contributed by atoms with Crippen molar-refractivity contribution in [3.05, 3.63) is 117 Å². The molecule has 0 aromatic heterocycles. The standard InChI is InChI=1S/C32H30ClNO3/c1-32(2)17-23-22-15-20-8-5-4-7-19(20)11-13-25(22)34-31(30(23)26(35)18-32)29-10-6-9-27(37-29)21-12-14-28(36-3)24(33)16-21/h4-5,7-16,20,31,34H,6,17-18H2,1-3H3. The Morgan fingerprint density at radius 2 is 2.00 bits per heavy atom. The monoisotopic (exact) mass is 511 g/mol. The van der Waals surface area contributed by atoms with Crippen molar-refractivity contribution in [3.8, 4) is 5.75 Å². The number of carbonyl (C=O) groups excluding carboxylic acids is 1.